The van der Waals surface area contributed by atoms with E-state index in [1.165, 1.54) is 0 Å². The second-order valence-electron chi connectivity index (χ2n) is 10.6. The van der Waals surface area contributed by atoms with Crippen molar-refractivity contribution >= 4 is 17.9 Å². The minimum atomic E-state index is -0.796. The van der Waals surface area contributed by atoms with Gasteiger partial charge >= 0.3 is 6.09 Å². The van der Waals surface area contributed by atoms with Crippen molar-refractivity contribution < 1.29 is 19.1 Å². The van der Waals surface area contributed by atoms with Crippen molar-refractivity contribution in [2.45, 2.75) is 98.8 Å². The van der Waals surface area contributed by atoms with E-state index in [0.717, 1.165) is 36.0 Å². The van der Waals surface area contributed by atoms with Gasteiger partial charge in [0, 0.05) is 12.1 Å². The number of aryl methyl sites for hydroxylation is 2. The Bertz CT molecular complexity index is 802. The van der Waals surface area contributed by atoms with Gasteiger partial charge in [0.05, 0.1) is 0 Å². The van der Waals surface area contributed by atoms with E-state index < -0.39 is 23.3 Å². The van der Waals surface area contributed by atoms with Gasteiger partial charge in [0.15, 0.2) is 0 Å². The van der Waals surface area contributed by atoms with Crippen molar-refractivity contribution in [3.8, 4) is 0 Å². The fourth-order valence-electron chi connectivity index (χ4n) is 3.62. The molecule has 1 rings (SSSR count). The molecule has 0 aliphatic carbocycles. The average Bonchev–Trinajstić information content (AvgIpc) is 2.64. The summed E-state index contributed by atoms with van der Waals surface area (Å²) in [6, 6.07) is 5.05. The maximum absolute atomic E-state index is 13.6. The lowest BCUT2D eigenvalue weighted by atomic mass is 9.93. The molecule has 0 spiro atoms. The van der Waals surface area contributed by atoms with Crippen molar-refractivity contribution in [1.82, 2.24) is 15.5 Å². The zero-order valence-corrected chi connectivity index (χ0v) is 21.9. The molecule has 0 bridgehead atoms. The minimum absolute atomic E-state index is 0.234. The third-order valence-corrected chi connectivity index (χ3v) is 4.98. The summed E-state index contributed by atoms with van der Waals surface area (Å²) < 4.78 is 5.26. The number of unbranched alkanes of at least 4 members (excludes halogenated alkanes) is 2. The van der Waals surface area contributed by atoms with E-state index in [1.54, 1.807) is 25.7 Å². The molecule has 0 fully saturated rings. The van der Waals surface area contributed by atoms with Gasteiger partial charge in [-0.15, -0.1) is 0 Å². The highest BCUT2D eigenvalue weighted by atomic mass is 16.6. The molecule has 0 saturated heterocycles. The molecule has 0 aliphatic heterocycles. The number of benzene rings is 1. The monoisotopic (exact) mass is 461 g/mol. The van der Waals surface area contributed by atoms with Crippen molar-refractivity contribution in [3.63, 3.8) is 0 Å². The second kappa shape index (κ2) is 12.1. The van der Waals surface area contributed by atoms with Crippen LogP contribution in [-0.4, -0.2) is 47.0 Å². The van der Waals surface area contributed by atoms with Crippen LogP contribution < -0.4 is 10.6 Å². The van der Waals surface area contributed by atoms with Crippen LogP contribution in [0, 0.1) is 13.8 Å². The largest absolute Gasteiger partial charge is 0.444 e. The smallest absolute Gasteiger partial charge is 0.408 e. The van der Waals surface area contributed by atoms with Crippen LogP contribution in [0.15, 0.2) is 18.2 Å². The third kappa shape index (κ3) is 9.84. The van der Waals surface area contributed by atoms with Gasteiger partial charge in [-0.3, -0.25) is 9.59 Å². The van der Waals surface area contributed by atoms with Crippen LogP contribution >= 0.6 is 0 Å². The maximum atomic E-state index is 13.6. The van der Waals surface area contributed by atoms with Crippen LogP contribution in [0.2, 0.25) is 0 Å². The van der Waals surface area contributed by atoms with E-state index in [1.807, 2.05) is 52.8 Å². The highest BCUT2D eigenvalue weighted by Crippen LogP contribution is 2.29. The molecular weight excluding hydrogens is 418 g/mol. The molecule has 0 aromatic heterocycles. The van der Waals surface area contributed by atoms with Crippen LogP contribution in [0.1, 0.15) is 90.5 Å². The summed E-state index contributed by atoms with van der Waals surface area (Å²) >= 11 is 0. The molecule has 0 radical (unpaired) electrons. The summed E-state index contributed by atoms with van der Waals surface area (Å²) in [5.74, 6) is -0.560. The topological polar surface area (TPSA) is 87.7 Å². The quantitative estimate of drug-likeness (QED) is 0.517. The number of hydrogen-bond acceptors (Lipinski definition) is 4. The maximum Gasteiger partial charge on any atom is 0.408 e. The SMILES string of the molecule is CCCCCN(C(=O)CNC(=O)OC(C)(C)C)C(C(=O)NC(C)(C)C)c1c(C)cccc1C. The molecule has 2 N–H and O–H groups in total. The normalized spacial score (nSPS) is 12.6. The molecule has 7 nitrogen and oxygen atoms in total. The van der Waals surface area contributed by atoms with Gasteiger partial charge in [0.1, 0.15) is 18.2 Å². The molecule has 0 aliphatic rings. The summed E-state index contributed by atoms with van der Waals surface area (Å²) in [4.78, 5) is 40.7. The zero-order chi connectivity index (χ0) is 25.4. The molecule has 1 atom stereocenters. The number of amides is 3. The molecule has 7 heteroatoms. The van der Waals surface area contributed by atoms with E-state index in [0.29, 0.717) is 6.54 Å². The first-order valence-electron chi connectivity index (χ1n) is 11.8. The molecule has 0 heterocycles. The van der Waals surface area contributed by atoms with Gasteiger partial charge in [-0.25, -0.2) is 4.79 Å². The van der Waals surface area contributed by atoms with Crippen molar-refractivity contribution in [2.24, 2.45) is 0 Å². The first-order valence-corrected chi connectivity index (χ1v) is 11.8. The first kappa shape index (κ1) is 28.5. The number of nitrogens with zero attached hydrogens (tertiary/aromatic N) is 1. The van der Waals surface area contributed by atoms with E-state index in [-0.39, 0.29) is 18.4 Å². The predicted molar refractivity (Wildman–Crippen MR) is 132 cm³/mol. The van der Waals surface area contributed by atoms with Crippen LogP contribution in [0.25, 0.3) is 0 Å². The number of carbonyl (C=O) groups is 3. The fraction of sp³-hybridized carbons (Fsp3) is 0.654. The molecule has 1 aromatic carbocycles. The number of nitrogens with one attached hydrogen (secondary N) is 2. The van der Waals surface area contributed by atoms with Crippen LogP contribution in [0.4, 0.5) is 4.79 Å². The van der Waals surface area contributed by atoms with Crippen molar-refractivity contribution in [2.75, 3.05) is 13.1 Å². The highest BCUT2D eigenvalue weighted by Gasteiger charge is 2.35. The zero-order valence-electron chi connectivity index (χ0n) is 21.9. The molecule has 0 saturated carbocycles. The number of hydrogen-bond donors (Lipinski definition) is 2. The summed E-state index contributed by atoms with van der Waals surface area (Å²) in [6.07, 6.45) is 2.02. The summed E-state index contributed by atoms with van der Waals surface area (Å²) in [7, 11) is 0. The van der Waals surface area contributed by atoms with Crippen molar-refractivity contribution in [3.05, 3.63) is 34.9 Å². The molecule has 186 valence electrons. The molecule has 3 amide bonds. The lowest BCUT2D eigenvalue weighted by Gasteiger charge is -2.35. The van der Waals surface area contributed by atoms with E-state index in [9.17, 15) is 14.4 Å². The molecule has 1 unspecified atom stereocenters. The van der Waals surface area contributed by atoms with Gasteiger partial charge in [-0.1, -0.05) is 38.0 Å². The summed E-state index contributed by atoms with van der Waals surface area (Å²) in [6.45, 7) is 17.2. The number of alkyl carbamates (subject to hydrolysis) is 1. The number of rotatable bonds is 9. The van der Waals surface area contributed by atoms with E-state index >= 15 is 0 Å². The molecular formula is C26H43N3O4. The van der Waals surface area contributed by atoms with Gasteiger partial charge in [-0.2, -0.15) is 0 Å². The summed E-state index contributed by atoms with van der Waals surface area (Å²) in [5, 5.41) is 5.60. The number of ether oxygens (including phenoxy) is 1. The van der Waals surface area contributed by atoms with Crippen LogP contribution in [0.3, 0.4) is 0 Å². The second-order valence-corrected chi connectivity index (χ2v) is 10.6. The lowest BCUT2D eigenvalue weighted by Crippen LogP contribution is -2.51. The standard InChI is InChI=1S/C26H43N3O4/c1-10-11-12-16-29(20(30)17-27-24(32)33-26(7,8)9)22(23(31)28-25(4,5)6)21-18(2)14-13-15-19(21)3/h13-15,22H,10-12,16-17H2,1-9H3,(H,27,32)(H,28,31). The van der Waals surface area contributed by atoms with E-state index in [4.69, 9.17) is 4.74 Å². The van der Waals surface area contributed by atoms with Gasteiger partial charge < -0.3 is 20.3 Å². The average molecular weight is 462 g/mol. The molecule has 1 aromatic rings. The Morgan fingerprint density at radius 2 is 1.58 bits per heavy atom. The predicted octanol–water partition coefficient (Wildman–Crippen LogP) is 4.80. The van der Waals surface area contributed by atoms with Gasteiger partial charge in [0.2, 0.25) is 11.8 Å². The Kier molecular flexibility index (Phi) is 10.4. The fourth-order valence-corrected chi connectivity index (χ4v) is 3.62. The summed E-state index contributed by atoms with van der Waals surface area (Å²) in [5.41, 5.74) is 1.58. The number of carbonyl (C=O) groups excluding carboxylic acids is 3. The Labute approximate surface area is 199 Å². The van der Waals surface area contributed by atoms with E-state index in [2.05, 4.69) is 17.6 Å². The molecule has 33 heavy (non-hydrogen) atoms. The Hall–Kier alpha value is -2.57. The third-order valence-electron chi connectivity index (χ3n) is 4.98. The van der Waals surface area contributed by atoms with Gasteiger partial charge in [-0.05, 0) is 78.5 Å². The van der Waals surface area contributed by atoms with Crippen LogP contribution in [-0.2, 0) is 14.3 Å². The first-order chi connectivity index (χ1) is 15.2. The van der Waals surface area contributed by atoms with Crippen molar-refractivity contribution in [1.29, 1.82) is 0 Å². The van der Waals surface area contributed by atoms with Crippen LogP contribution in [0.5, 0.6) is 0 Å². The Morgan fingerprint density at radius 1 is 1.00 bits per heavy atom. The Morgan fingerprint density at radius 3 is 2.06 bits per heavy atom. The lowest BCUT2D eigenvalue weighted by molar-refractivity contribution is -0.141. The highest BCUT2D eigenvalue weighted by molar-refractivity contribution is 5.91. The van der Waals surface area contributed by atoms with Gasteiger partial charge in [0.25, 0.3) is 0 Å². The Balaban J connectivity index is 3.34. The minimum Gasteiger partial charge on any atom is -0.444 e.